The summed E-state index contributed by atoms with van der Waals surface area (Å²) in [4.78, 5) is 0. The fourth-order valence-electron chi connectivity index (χ4n) is 2.32. The van der Waals surface area contributed by atoms with E-state index in [1.54, 1.807) is 0 Å². The Kier molecular flexibility index (Phi) is 4.70. The van der Waals surface area contributed by atoms with Crippen LogP contribution in [0, 0.1) is 0 Å². The molecular weight excluding hydrogens is 314 g/mol. The molecule has 2 nitrogen and oxygen atoms in total. The summed E-state index contributed by atoms with van der Waals surface area (Å²) in [5.74, 6) is 0. The summed E-state index contributed by atoms with van der Waals surface area (Å²) in [5, 5.41) is 4.35. The first-order valence-corrected chi connectivity index (χ1v) is 7.45. The smallest absolute Gasteiger partial charge is 0.0641 e. The number of benzene rings is 1. The van der Waals surface area contributed by atoms with Crippen molar-refractivity contribution in [2.24, 2.45) is 0 Å². The zero-order chi connectivity index (χ0) is 13.2. The highest BCUT2D eigenvalue weighted by molar-refractivity contribution is 9.10. The third kappa shape index (κ3) is 3.95. The summed E-state index contributed by atoms with van der Waals surface area (Å²) in [6, 6.07) is 6.59. The highest BCUT2D eigenvalue weighted by atomic mass is 79.9. The zero-order valence-corrected chi connectivity index (χ0v) is 13.1. The van der Waals surface area contributed by atoms with Crippen molar-refractivity contribution in [2.75, 3.05) is 6.61 Å². The van der Waals surface area contributed by atoms with Gasteiger partial charge in [0, 0.05) is 23.7 Å². The van der Waals surface area contributed by atoms with Crippen molar-refractivity contribution >= 4 is 27.5 Å². The molecular formula is C14H19BrClNO. The van der Waals surface area contributed by atoms with Crippen molar-refractivity contribution in [3.63, 3.8) is 0 Å². The van der Waals surface area contributed by atoms with Crippen LogP contribution in [0.3, 0.4) is 0 Å². The van der Waals surface area contributed by atoms with Crippen LogP contribution in [-0.2, 0) is 11.3 Å². The molecule has 2 rings (SSSR count). The van der Waals surface area contributed by atoms with Crippen molar-refractivity contribution in [1.29, 1.82) is 0 Å². The molecule has 100 valence electrons. The molecule has 1 unspecified atom stereocenters. The third-order valence-corrected chi connectivity index (χ3v) is 4.49. The highest BCUT2D eigenvalue weighted by Crippen LogP contribution is 2.25. The maximum absolute atomic E-state index is 5.98. The van der Waals surface area contributed by atoms with Crippen molar-refractivity contribution in [3.8, 4) is 0 Å². The van der Waals surface area contributed by atoms with Crippen LogP contribution in [0.1, 0.15) is 32.3 Å². The first kappa shape index (κ1) is 14.3. The Morgan fingerprint density at radius 1 is 1.50 bits per heavy atom. The second-order valence-corrected chi connectivity index (χ2v) is 6.69. The molecule has 0 saturated carbocycles. The third-order valence-electron chi connectivity index (χ3n) is 3.28. The average Bonchev–Trinajstić information content (AvgIpc) is 2.29. The van der Waals surface area contributed by atoms with Crippen LogP contribution in [0.5, 0.6) is 0 Å². The summed E-state index contributed by atoms with van der Waals surface area (Å²) in [6.45, 7) is 6.02. The molecule has 4 heteroatoms. The zero-order valence-electron chi connectivity index (χ0n) is 10.8. The van der Waals surface area contributed by atoms with Gasteiger partial charge in [0.1, 0.15) is 0 Å². The lowest BCUT2D eigenvalue weighted by Gasteiger charge is -2.36. The van der Waals surface area contributed by atoms with Crippen LogP contribution in [0.15, 0.2) is 22.7 Å². The molecule has 1 aromatic rings. The molecule has 1 saturated heterocycles. The Hall–Kier alpha value is -0.0900. The van der Waals surface area contributed by atoms with Gasteiger partial charge < -0.3 is 10.1 Å². The van der Waals surface area contributed by atoms with Crippen LogP contribution >= 0.6 is 27.5 Å². The number of ether oxygens (including phenoxy) is 1. The van der Waals surface area contributed by atoms with E-state index in [2.05, 4.69) is 47.2 Å². The second kappa shape index (κ2) is 5.91. The number of hydrogen-bond donors (Lipinski definition) is 1. The first-order chi connectivity index (χ1) is 8.46. The van der Waals surface area contributed by atoms with Crippen LogP contribution in [-0.4, -0.2) is 18.2 Å². The van der Waals surface area contributed by atoms with E-state index in [0.717, 1.165) is 35.5 Å². The van der Waals surface area contributed by atoms with Gasteiger partial charge in [0.15, 0.2) is 0 Å². The van der Waals surface area contributed by atoms with E-state index in [1.807, 2.05) is 6.07 Å². The minimum atomic E-state index is -0.00348. The lowest BCUT2D eigenvalue weighted by molar-refractivity contribution is -0.0630. The maximum Gasteiger partial charge on any atom is 0.0641 e. The van der Waals surface area contributed by atoms with Crippen molar-refractivity contribution in [2.45, 2.75) is 44.9 Å². The fourth-order valence-corrected chi connectivity index (χ4v) is 2.86. The topological polar surface area (TPSA) is 21.3 Å². The largest absolute Gasteiger partial charge is 0.375 e. The van der Waals surface area contributed by atoms with Crippen molar-refractivity contribution < 1.29 is 4.74 Å². The quantitative estimate of drug-likeness (QED) is 0.898. The second-order valence-electron chi connectivity index (χ2n) is 5.43. The minimum Gasteiger partial charge on any atom is -0.375 e. The summed E-state index contributed by atoms with van der Waals surface area (Å²) in [6.07, 6.45) is 2.14. The maximum atomic E-state index is 5.98. The molecule has 1 aliphatic rings. The molecule has 1 fully saturated rings. The molecule has 18 heavy (non-hydrogen) atoms. The monoisotopic (exact) mass is 331 g/mol. The van der Waals surface area contributed by atoms with Crippen LogP contribution in [0.4, 0.5) is 0 Å². The molecule has 0 amide bonds. The van der Waals surface area contributed by atoms with E-state index in [0.29, 0.717) is 6.04 Å². The highest BCUT2D eigenvalue weighted by Gasteiger charge is 2.28. The van der Waals surface area contributed by atoms with Gasteiger partial charge in [-0.2, -0.15) is 0 Å². The van der Waals surface area contributed by atoms with Gasteiger partial charge in [-0.15, -0.1) is 0 Å². The molecule has 0 aromatic heterocycles. The molecule has 0 spiro atoms. The van der Waals surface area contributed by atoms with Gasteiger partial charge in [-0.1, -0.05) is 17.7 Å². The van der Waals surface area contributed by atoms with Crippen molar-refractivity contribution in [3.05, 3.63) is 33.3 Å². The van der Waals surface area contributed by atoms with Gasteiger partial charge in [0.25, 0.3) is 0 Å². The molecule has 1 N–H and O–H groups in total. The predicted octanol–water partition coefficient (Wildman–Crippen LogP) is 4.15. The van der Waals surface area contributed by atoms with E-state index in [-0.39, 0.29) is 5.60 Å². The van der Waals surface area contributed by atoms with Gasteiger partial charge in [-0.3, -0.25) is 0 Å². The van der Waals surface area contributed by atoms with E-state index in [4.69, 9.17) is 16.3 Å². The van der Waals surface area contributed by atoms with E-state index in [9.17, 15) is 0 Å². The average molecular weight is 333 g/mol. The number of rotatable bonds is 3. The molecule has 1 aromatic carbocycles. The Bertz CT molecular complexity index is 422. The standard InChI is InChI=1S/C14H19BrClNO/c1-14(2)8-11(5-6-18-14)17-9-10-3-4-13(16)12(15)7-10/h3-4,7,11,17H,5-6,8-9H2,1-2H3. The fraction of sp³-hybridized carbons (Fsp3) is 0.571. The summed E-state index contributed by atoms with van der Waals surface area (Å²) in [5.41, 5.74) is 1.24. The van der Waals surface area contributed by atoms with Crippen LogP contribution in [0.25, 0.3) is 0 Å². The predicted molar refractivity (Wildman–Crippen MR) is 79.0 cm³/mol. The molecule has 0 radical (unpaired) electrons. The lowest BCUT2D eigenvalue weighted by atomic mass is 9.94. The molecule has 0 bridgehead atoms. The van der Waals surface area contributed by atoms with Gasteiger partial charge >= 0.3 is 0 Å². The minimum absolute atomic E-state index is 0.00348. The Labute approximate surface area is 122 Å². The van der Waals surface area contributed by atoms with E-state index >= 15 is 0 Å². The summed E-state index contributed by atoms with van der Waals surface area (Å²) >= 11 is 9.43. The SMILES string of the molecule is CC1(C)CC(NCc2ccc(Cl)c(Br)c2)CCO1. The van der Waals surface area contributed by atoms with Gasteiger partial charge in [0.05, 0.1) is 10.6 Å². The van der Waals surface area contributed by atoms with Crippen molar-refractivity contribution in [1.82, 2.24) is 5.32 Å². The summed E-state index contributed by atoms with van der Waals surface area (Å²) in [7, 11) is 0. The number of halogens is 2. The number of hydrogen-bond acceptors (Lipinski definition) is 2. The first-order valence-electron chi connectivity index (χ1n) is 6.27. The van der Waals surface area contributed by atoms with E-state index < -0.39 is 0 Å². The Morgan fingerprint density at radius 3 is 2.94 bits per heavy atom. The van der Waals surface area contributed by atoms with Crippen LogP contribution < -0.4 is 5.32 Å². The summed E-state index contributed by atoms with van der Waals surface area (Å²) < 4.78 is 6.67. The Morgan fingerprint density at radius 2 is 2.28 bits per heavy atom. The van der Waals surface area contributed by atoms with E-state index in [1.165, 1.54) is 5.56 Å². The van der Waals surface area contributed by atoms with Crippen LogP contribution in [0.2, 0.25) is 5.02 Å². The van der Waals surface area contributed by atoms with Gasteiger partial charge in [0.2, 0.25) is 0 Å². The van der Waals surface area contributed by atoms with Gasteiger partial charge in [-0.25, -0.2) is 0 Å². The molecule has 1 heterocycles. The molecule has 1 atom stereocenters. The molecule has 0 aliphatic carbocycles. The number of nitrogens with one attached hydrogen (secondary N) is 1. The van der Waals surface area contributed by atoms with Gasteiger partial charge in [-0.05, 0) is 60.3 Å². The molecule has 1 aliphatic heterocycles. The normalized spacial score (nSPS) is 23.0. The lowest BCUT2D eigenvalue weighted by Crippen LogP contribution is -2.43. The Balaban J connectivity index is 1.89.